The van der Waals surface area contributed by atoms with Gasteiger partial charge in [-0.05, 0) is 37.0 Å². The van der Waals surface area contributed by atoms with Crippen molar-refractivity contribution in [3.05, 3.63) is 0 Å². The smallest absolute Gasteiger partial charge is 0.334 e. The van der Waals surface area contributed by atoms with Crippen LogP contribution in [0.5, 0.6) is 0 Å². The van der Waals surface area contributed by atoms with Crippen molar-refractivity contribution in [1.29, 1.82) is 0 Å². The molecule has 2 aliphatic carbocycles. The third-order valence-electron chi connectivity index (χ3n) is 4.15. The van der Waals surface area contributed by atoms with E-state index in [9.17, 15) is 9.59 Å². The Bertz CT molecular complexity index is 334. The molecule has 0 radical (unpaired) electrons. The van der Waals surface area contributed by atoms with Gasteiger partial charge in [0.2, 0.25) is 0 Å². The van der Waals surface area contributed by atoms with Crippen molar-refractivity contribution < 1.29 is 19.8 Å². The van der Waals surface area contributed by atoms with Crippen LogP contribution in [0.4, 0.5) is 4.79 Å². The van der Waals surface area contributed by atoms with Crippen molar-refractivity contribution >= 4 is 12.0 Å². The van der Waals surface area contributed by atoms with E-state index in [1.165, 1.54) is 25.7 Å². The summed E-state index contributed by atoms with van der Waals surface area (Å²) >= 11 is 0. The molecule has 6 heteroatoms. The molecule has 18 heavy (non-hydrogen) atoms. The lowest BCUT2D eigenvalue weighted by Gasteiger charge is -2.22. The normalized spacial score (nSPS) is 31.1. The van der Waals surface area contributed by atoms with E-state index in [2.05, 4.69) is 10.6 Å². The highest BCUT2D eigenvalue weighted by Crippen LogP contribution is 2.47. The van der Waals surface area contributed by atoms with Gasteiger partial charge in [0.15, 0.2) is 6.10 Å². The molecule has 2 fully saturated rings. The van der Waals surface area contributed by atoms with E-state index in [1.54, 1.807) is 0 Å². The van der Waals surface area contributed by atoms with Crippen molar-refractivity contribution in [2.45, 2.75) is 31.8 Å². The number of fused-ring (bicyclic) bond motifs is 2. The maximum Gasteiger partial charge on any atom is 0.334 e. The van der Waals surface area contributed by atoms with Crippen LogP contribution in [0, 0.1) is 17.8 Å². The third kappa shape index (κ3) is 3.13. The van der Waals surface area contributed by atoms with Gasteiger partial charge in [-0.1, -0.05) is 6.42 Å². The van der Waals surface area contributed by atoms with Crippen LogP contribution in [0.2, 0.25) is 0 Å². The Morgan fingerprint density at radius 3 is 2.56 bits per heavy atom. The van der Waals surface area contributed by atoms with E-state index in [0.29, 0.717) is 12.5 Å². The van der Waals surface area contributed by atoms with Crippen LogP contribution in [-0.2, 0) is 4.79 Å². The van der Waals surface area contributed by atoms with E-state index < -0.39 is 18.1 Å². The zero-order valence-electron chi connectivity index (χ0n) is 10.3. The highest BCUT2D eigenvalue weighted by molar-refractivity contribution is 5.76. The topological polar surface area (TPSA) is 98.7 Å². The highest BCUT2D eigenvalue weighted by atomic mass is 16.4. The van der Waals surface area contributed by atoms with Gasteiger partial charge < -0.3 is 20.8 Å². The van der Waals surface area contributed by atoms with Gasteiger partial charge >= 0.3 is 12.0 Å². The lowest BCUT2D eigenvalue weighted by molar-refractivity contribution is -0.146. The van der Waals surface area contributed by atoms with Crippen molar-refractivity contribution in [2.24, 2.45) is 17.8 Å². The number of hydrogen-bond donors (Lipinski definition) is 4. The summed E-state index contributed by atoms with van der Waals surface area (Å²) < 4.78 is 0. The summed E-state index contributed by atoms with van der Waals surface area (Å²) in [6.45, 7) is 0.383. The summed E-state index contributed by atoms with van der Waals surface area (Å²) in [6.07, 6.45) is 3.56. The number of carbonyl (C=O) groups excluding carboxylic acids is 1. The minimum atomic E-state index is -1.54. The Hall–Kier alpha value is -1.30. The molecule has 2 rings (SSSR count). The molecule has 6 nitrogen and oxygen atoms in total. The van der Waals surface area contributed by atoms with Gasteiger partial charge in [0.1, 0.15) is 0 Å². The van der Waals surface area contributed by atoms with Crippen LogP contribution in [0.3, 0.4) is 0 Å². The molecule has 2 amide bonds. The summed E-state index contributed by atoms with van der Waals surface area (Å²) in [6, 6.07) is -0.405. The minimum absolute atomic E-state index is 0.266. The van der Waals surface area contributed by atoms with Crippen molar-refractivity contribution in [3.8, 4) is 0 Å². The first-order valence-electron chi connectivity index (χ1n) is 6.49. The first-order valence-corrected chi connectivity index (χ1v) is 6.49. The standard InChI is InChI=1S/C12H20N2O4/c15-10(11(16)17)6-14-12(18)13-5-9-4-7-1-2-8(9)3-7/h7-10,15H,1-6H2,(H,16,17)(H2,13,14,18). The number of rotatable bonds is 5. The second-order valence-electron chi connectivity index (χ2n) is 5.38. The summed E-state index contributed by atoms with van der Waals surface area (Å²) in [4.78, 5) is 21.8. The second-order valence-corrected chi connectivity index (χ2v) is 5.38. The van der Waals surface area contributed by atoms with E-state index in [1.807, 2.05) is 0 Å². The molecule has 4 unspecified atom stereocenters. The predicted octanol–water partition coefficient (Wildman–Crippen LogP) is 0.167. The van der Waals surface area contributed by atoms with E-state index in [-0.39, 0.29) is 6.54 Å². The number of urea groups is 1. The molecular formula is C12H20N2O4. The Labute approximate surface area is 106 Å². The lowest BCUT2D eigenvalue weighted by Crippen LogP contribution is -2.43. The highest BCUT2D eigenvalue weighted by Gasteiger charge is 2.39. The molecular weight excluding hydrogens is 236 g/mol. The third-order valence-corrected chi connectivity index (χ3v) is 4.15. The van der Waals surface area contributed by atoms with Crippen LogP contribution in [0.1, 0.15) is 25.7 Å². The minimum Gasteiger partial charge on any atom is -0.479 e. The van der Waals surface area contributed by atoms with E-state index >= 15 is 0 Å². The lowest BCUT2D eigenvalue weighted by atomic mass is 9.89. The number of aliphatic hydroxyl groups is 1. The first-order chi connectivity index (χ1) is 8.56. The average Bonchev–Trinajstić information content (AvgIpc) is 2.95. The fourth-order valence-corrected chi connectivity index (χ4v) is 3.19. The molecule has 0 aromatic heterocycles. The Balaban J connectivity index is 1.62. The Kier molecular flexibility index (Phi) is 4.06. The van der Waals surface area contributed by atoms with E-state index in [4.69, 9.17) is 10.2 Å². The SMILES string of the molecule is O=C(NCC(O)C(=O)O)NCC1CC2CCC1C2. The Morgan fingerprint density at radius 1 is 1.22 bits per heavy atom. The fraction of sp³-hybridized carbons (Fsp3) is 0.833. The van der Waals surface area contributed by atoms with Crippen LogP contribution in [0.15, 0.2) is 0 Å². The molecule has 0 aromatic rings. The molecule has 0 aromatic carbocycles. The van der Waals surface area contributed by atoms with Gasteiger partial charge in [-0.25, -0.2) is 9.59 Å². The van der Waals surface area contributed by atoms with Crippen LogP contribution >= 0.6 is 0 Å². The quantitative estimate of drug-likeness (QED) is 0.563. The van der Waals surface area contributed by atoms with Crippen LogP contribution in [0.25, 0.3) is 0 Å². The largest absolute Gasteiger partial charge is 0.479 e. The zero-order valence-corrected chi connectivity index (χ0v) is 10.3. The summed E-state index contributed by atoms with van der Waals surface area (Å²) in [7, 11) is 0. The molecule has 4 atom stereocenters. The van der Waals surface area contributed by atoms with Crippen molar-refractivity contribution in [3.63, 3.8) is 0 Å². The molecule has 2 saturated carbocycles. The van der Waals surface area contributed by atoms with Crippen LogP contribution in [-0.4, -0.2) is 41.4 Å². The summed E-state index contributed by atoms with van der Waals surface area (Å²) in [5.74, 6) is 0.834. The molecule has 2 bridgehead atoms. The second kappa shape index (κ2) is 5.56. The summed E-state index contributed by atoms with van der Waals surface area (Å²) in [5, 5.41) is 22.5. The molecule has 102 valence electrons. The molecule has 4 N–H and O–H groups in total. The maximum absolute atomic E-state index is 11.4. The fourth-order valence-electron chi connectivity index (χ4n) is 3.19. The first kappa shape index (κ1) is 13.1. The monoisotopic (exact) mass is 256 g/mol. The number of hydrogen-bond acceptors (Lipinski definition) is 3. The van der Waals surface area contributed by atoms with Crippen molar-refractivity contribution in [1.82, 2.24) is 10.6 Å². The number of nitrogens with one attached hydrogen (secondary N) is 2. The molecule has 2 aliphatic rings. The van der Waals surface area contributed by atoms with Gasteiger partial charge in [0, 0.05) is 6.54 Å². The van der Waals surface area contributed by atoms with Gasteiger partial charge in [-0.3, -0.25) is 0 Å². The van der Waals surface area contributed by atoms with Gasteiger partial charge in [-0.2, -0.15) is 0 Å². The van der Waals surface area contributed by atoms with Crippen LogP contribution < -0.4 is 10.6 Å². The molecule has 0 spiro atoms. The number of carboxylic acid groups (broad SMARTS) is 1. The number of aliphatic carboxylic acids is 1. The van der Waals surface area contributed by atoms with Crippen molar-refractivity contribution in [2.75, 3.05) is 13.1 Å². The van der Waals surface area contributed by atoms with Gasteiger partial charge in [0.25, 0.3) is 0 Å². The number of carboxylic acids is 1. The number of carbonyl (C=O) groups is 2. The zero-order chi connectivity index (χ0) is 13.1. The van der Waals surface area contributed by atoms with Gasteiger partial charge in [-0.15, -0.1) is 0 Å². The maximum atomic E-state index is 11.4. The molecule has 0 aliphatic heterocycles. The summed E-state index contributed by atoms with van der Waals surface area (Å²) in [5.41, 5.74) is 0. The average molecular weight is 256 g/mol. The molecule has 0 heterocycles. The van der Waals surface area contributed by atoms with Gasteiger partial charge in [0.05, 0.1) is 6.54 Å². The molecule has 0 saturated heterocycles. The predicted molar refractivity (Wildman–Crippen MR) is 64.0 cm³/mol. The number of aliphatic hydroxyl groups excluding tert-OH is 1. The van der Waals surface area contributed by atoms with E-state index in [0.717, 1.165) is 11.8 Å². The number of amides is 2. The Morgan fingerprint density at radius 2 is 2.00 bits per heavy atom.